The van der Waals surface area contributed by atoms with Crippen LogP contribution < -0.4 is 0 Å². The van der Waals surface area contributed by atoms with E-state index in [4.69, 9.17) is 0 Å². The molecule has 0 amide bonds. The number of pyridine rings is 1. The van der Waals surface area contributed by atoms with Crippen LogP contribution in [0, 0.1) is 10.3 Å². The van der Waals surface area contributed by atoms with E-state index in [9.17, 15) is 4.91 Å². The van der Waals surface area contributed by atoms with Gasteiger partial charge in [0.25, 0.3) is 0 Å². The third kappa shape index (κ3) is 1.37. The van der Waals surface area contributed by atoms with Gasteiger partial charge in [0.15, 0.2) is 0 Å². The second-order valence-corrected chi connectivity index (χ2v) is 4.92. The summed E-state index contributed by atoms with van der Waals surface area (Å²) in [6.45, 7) is 0. The zero-order chi connectivity index (χ0) is 10.3. The molecule has 78 valence electrons. The molecule has 1 aromatic heterocycles. The molecule has 0 radical (unpaired) electrons. The van der Waals surface area contributed by atoms with Crippen LogP contribution in [0.2, 0.25) is 0 Å². The van der Waals surface area contributed by atoms with Crippen molar-refractivity contribution in [3.05, 3.63) is 28.4 Å². The Kier molecular flexibility index (Phi) is 1.87. The highest BCUT2D eigenvalue weighted by molar-refractivity contribution is 5.41. The molecule has 1 saturated carbocycles. The van der Waals surface area contributed by atoms with Crippen molar-refractivity contribution >= 4 is 5.69 Å². The quantitative estimate of drug-likeness (QED) is 0.656. The molecule has 1 spiro atoms. The van der Waals surface area contributed by atoms with Crippen LogP contribution in [0.4, 0.5) is 5.69 Å². The number of nitrogens with zero attached hydrogens (tertiary/aromatic N) is 2. The van der Waals surface area contributed by atoms with Crippen LogP contribution in [0.3, 0.4) is 0 Å². The van der Waals surface area contributed by atoms with Crippen LogP contribution in [0.25, 0.3) is 0 Å². The Hall–Kier alpha value is -1.25. The van der Waals surface area contributed by atoms with Gasteiger partial charge in [0, 0.05) is 5.69 Å². The van der Waals surface area contributed by atoms with E-state index in [1.807, 2.05) is 6.07 Å². The van der Waals surface area contributed by atoms with Gasteiger partial charge in [0.05, 0.1) is 6.20 Å². The van der Waals surface area contributed by atoms with Gasteiger partial charge in [-0.15, -0.1) is 4.91 Å². The average Bonchev–Trinajstić information content (AvgIpc) is 2.25. The number of hydrogen-bond acceptors (Lipinski definition) is 3. The lowest BCUT2D eigenvalue weighted by molar-refractivity contribution is 0.110. The average molecular weight is 202 g/mol. The summed E-state index contributed by atoms with van der Waals surface area (Å²) in [7, 11) is 0. The molecule has 0 aromatic carbocycles. The summed E-state index contributed by atoms with van der Waals surface area (Å²) in [5.41, 5.74) is 3.47. The van der Waals surface area contributed by atoms with Crippen LogP contribution in [0.1, 0.15) is 36.9 Å². The summed E-state index contributed by atoms with van der Waals surface area (Å²) in [4.78, 5) is 14.8. The van der Waals surface area contributed by atoms with Crippen LogP contribution >= 0.6 is 0 Å². The first-order valence-electron chi connectivity index (χ1n) is 5.63. The molecule has 0 atom stereocenters. The smallest absolute Gasteiger partial charge is 0.126 e. The van der Waals surface area contributed by atoms with E-state index in [-0.39, 0.29) is 0 Å². The normalized spacial score (nSPS) is 21.9. The SMILES string of the molecule is O=Nc1cnc2c(c1)CC1(CCC1)CC2. The van der Waals surface area contributed by atoms with Crippen molar-refractivity contribution in [1.29, 1.82) is 0 Å². The fourth-order valence-corrected chi connectivity index (χ4v) is 2.93. The van der Waals surface area contributed by atoms with E-state index in [1.54, 1.807) is 6.20 Å². The molecular formula is C12H14N2O. The third-order valence-electron chi connectivity index (χ3n) is 4.02. The monoisotopic (exact) mass is 202 g/mol. The van der Waals surface area contributed by atoms with Crippen molar-refractivity contribution in [2.45, 2.75) is 38.5 Å². The number of aromatic nitrogens is 1. The second-order valence-electron chi connectivity index (χ2n) is 4.92. The highest BCUT2D eigenvalue weighted by Crippen LogP contribution is 2.50. The first-order chi connectivity index (χ1) is 7.31. The Morgan fingerprint density at radius 3 is 2.87 bits per heavy atom. The van der Waals surface area contributed by atoms with Gasteiger partial charge in [0.1, 0.15) is 5.69 Å². The van der Waals surface area contributed by atoms with Crippen molar-refractivity contribution < 1.29 is 0 Å². The zero-order valence-corrected chi connectivity index (χ0v) is 8.70. The van der Waals surface area contributed by atoms with E-state index >= 15 is 0 Å². The first kappa shape index (κ1) is 9.01. The van der Waals surface area contributed by atoms with Gasteiger partial charge in [-0.05, 0) is 54.3 Å². The molecule has 0 N–H and O–H groups in total. The Morgan fingerprint density at radius 2 is 2.20 bits per heavy atom. The molecule has 15 heavy (non-hydrogen) atoms. The highest BCUT2D eigenvalue weighted by Gasteiger charge is 2.39. The van der Waals surface area contributed by atoms with E-state index in [0.717, 1.165) is 12.8 Å². The summed E-state index contributed by atoms with van der Waals surface area (Å²) < 4.78 is 0. The van der Waals surface area contributed by atoms with Crippen LogP contribution in [0.15, 0.2) is 17.4 Å². The molecule has 1 heterocycles. The Labute approximate surface area is 88.9 Å². The Bertz CT molecular complexity index is 410. The van der Waals surface area contributed by atoms with Gasteiger partial charge in [-0.2, -0.15) is 0 Å². The topological polar surface area (TPSA) is 42.3 Å². The lowest BCUT2D eigenvalue weighted by Gasteiger charge is -2.45. The lowest BCUT2D eigenvalue weighted by Crippen LogP contribution is -2.35. The lowest BCUT2D eigenvalue weighted by atomic mass is 9.60. The maximum atomic E-state index is 10.4. The predicted molar refractivity (Wildman–Crippen MR) is 58.0 cm³/mol. The summed E-state index contributed by atoms with van der Waals surface area (Å²) in [5.74, 6) is 0. The summed E-state index contributed by atoms with van der Waals surface area (Å²) in [6.07, 6.45) is 9.13. The minimum Gasteiger partial charge on any atom is -0.259 e. The van der Waals surface area contributed by atoms with Crippen molar-refractivity contribution in [3.8, 4) is 0 Å². The van der Waals surface area contributed by atoms with E-state index in [1.165, 1.54) is 36.9 Å². The van der Waals surface area contributed by atoms with Gasteiger partial charge in [-0.25, -0.2) is 0 Å². The molecule has 0 unspecified atom stereocenters. The molecule has 2 aliphatic rings. The molecular weight excluding hydrogens is 188 g/mol. The van der Waals surface area contributed by atoms with Gasteiger partial charge in [-0.1, -0.05) is 6.42 Å². The predicted octanol–water partition coefficient (Wildman–Crippen LogP) is 3.14. The van der Waals surface area contributed by atoms with Crippen LogP contribution in [-0.4, -0.2) is 4.98 Å². The summed E-state index contributed by atoms with van der Waals surface area (Å²) in [6, 6.07) is 1.93. The number of hydrogen-bond donors (Lipinski definition) is 0. The molecule has 3 nitrogen and oxygen atoms in total. The molecule has 0 saturated heterocycles. The number of rotatable bonds is 1. The maximum Gasteiger partial charge on any atom is 0.126 e. The minimum absolute atomic E-state index is 0.477. The molecule has 2 aliphatic carbocycles. The standard InChI is InChI=1S/C12H14N2O/c15-14-10-6-9-7-12(3-1-4-12)5-2-11(9)13-8-10/h6,8H,1-5,7H2. The fraction of sp³-hybridized carbons (Fsp3) is 0.583. The molecule has 3 rings (SSSR count). The van der Waals surface area contributed by atoms with Crippen LogP contribution in [-0.2, 0) is 12.8 Å². The molecule has 1 aromatic rings. The Morgan fingerprint density at radius 1 is 1.33 bits per heavy atom. The van der Waals surface area contributed by atoms with E-state index in [0.29, 0.717) is 11.1 Å². The molecule has 0 aliphatic heterocycles. The maximum absolute atomic E-state index is 10.4. The van der Waals surface area contributed by atoms with Gasteiger partial charge >= 0.3 is 0 Å². The molecule has 1 fully saturated rings. The fourth-order valence-electron chi connectivity index (χ4n) is 2.93. The van der Waals surface area contributed by atoms with Crippen molar-refractivity contribution in [1.82, 2.24) is 4.98 Å². The van der Waals surface area contributed by atoms with E-state index in [2.05, 4.69) is 10.2 Å². The Balaban J connectivity index is 1.96. The number of fused-ring (bicyclic) bond motifs is 1. The van der Waals surface area contributed by atoms with Gasteiger partial charge < -0.3 is 0 Å². The number of aryl methyl sites for hydroxylation is 1. The van der Waals surface area contributed by atoms with Gasteiger partial charge in [0.2, 0.25) is 0 Å². The summed E-state index contributed by atoms with van der Waals surface area (Å²) in [5, 5.41) is 2.96. The zero-order valence-electron chi connectivity index (χ0n) is 8.70. The van der Waals surface area contributed by atoms with Crippen LogP contribution in [0.5, 0.6) is 0 Å². The van der Waals surface area contributed by atoms with E-state index < -0.39 is 0 Å². The minimum atomic E-state index is 0.477. The first-order valence-corrected chi connectivity index (χ1v) is 5.63. The second kappa shape index (κ2) is 3.12. The van der Waals surface area contributed by atoms with Crippen molar-refractivity contribution in [2.24, 2.45) is 10.6 Å². The molecule has 0 bridgehead atoms. The summed E-state index contributed by atoms with van der Waals surface area (Å²) >= 11 is 0. The largest absolute Gasteiger partial charge is 0.259 e. The van der Waals surface area contributed by atoms with Crippen molar-refractivity contribution in [2.75, 3.05) is 0 Å². The van der Waals surface area contributed by atoms with Crippen molar-refractivity contribution in [3.63, 3.8) is 0 Å². The highest BCUT2D eigenvalue weighted by atomic mass is 16.3. The number of nitroso groups, excluding NO2 is 1. The third-order valence-corrected chi connectivity index (χ3v) is 4.02. The van der Waals surface area contributed by atoms with Gasteiger partial charge in [-0.3, -0.25) is 4.98 Å². The molecule has 3 heteroatoms.